The van der Waals surface area contributed by atoms with Gasteiger partial charge in [-0.05, 0) is 12.5 Å². The Hall–Kier alpha value is -3.01. The summed E-state index contributed by atoms with van der Waals surface area (Å²) in [7, 11) is 0. The van der Waals surface area contributed by atoms with E-state index in [-0.39, 0.29) is 0 Å². The molecular weight excluding hydrogens is 274 g/mol. The molecule has 0 saturated heterocycles. The van der Waals surface area contributed by atoms with Crippen LogP contribution in [0.25, 0.3) is 22.4 Å². The van der Waals surface area contributed by atoms with Gasteiger partial charge in [-0.2, -0.15) is 5.10 Å². The fourth-order valence-electron chi connectivity index (χ4n) is 2.52. The second kappa shape index (κ2) is 5.77. The number of primary amides is 1. The van der Waals surface area contributed by atoms with E-state index < -0.39 is 5.91 Å². The van der Waals surface area contributed by atoms with Crippen molar-refractivity contribution in [3.8, 4) is 22.4 Å². The van der Waals surface area contributed by atoms with Crippen LogP contribution >= 0.6 is 0 Å². The first-order valence-corrected chi connectivity index (χ1v) is 6.96. The Bertz CT molecular complexity index is 814. The van der Waals surface area contributed by atoms with E-state index in [0.717, 1.165) is 16.7 Å². The van der Waals surface area contributed by atoms with Crippen molar-refractivity contribution in [1.29, 1.82) is 0 Å². The quantitative estimate of drug-likeness (QED) is 0.805. The Morgan fingerprint density at radius 1 is 0.864 bits per heavy atom. The smallest absolute Gasteiger partial charge is 0.251 e. The summed E-state index contributed by atoms with van der Waals surface area (Å²) < 4.78 is 0. The van der Waals surface area contributed by atoms with Crippen molar-refractivity contribution in [3.05, 3.63) is 71.9 Å². The molecule has 1 amide bonds. The lowest BCUT2D eigenvalue weighted by Crippen LogP contribution is -2.16. The predicted molar refractivity (Wildman–Crippen MR) is 86.2 cm³/mol. The number of nitrogens with zero attached hydrogens (tertiary/aromatic N) is 2. The molecule has 108 valence electrons. The van der Waals surface area contributed by atoms with Crippen LogP contribution in [-0.4, -0.2) is 16.1 Å². The summed E-state index contributed by atoms with van der Waals surface area (Å²) in [6, 6.07) is 19.1. The van der Waals surface area contributed by atoms with Crippen molar-refractivity contribution in [3.63, 3.8) is 0 Å². The molecule has 0 fully saturated rings. The van der Waals surface area contributed by atoms with Crippen LogP contribution in [0.3, 0.4) is 0 Å². The molecule has 0 spiro atoms. The topological polar surface area (TPSA) is 68.9 Å². The van der Waals surface area contributed by atoms with Gasteiger partial charge in [-0.15, -0.1) is 5.10 Å². The minimum atomic E-state index is -0.504. The van der Waals surface area contributed by atoms with E-state index in [0.29, 0.717) is 17.0 Å². The third-order valence-corrected chi connectivity index (χ3v) is 3.50. The molecule has 4 heteroatoms. The van der Waals surface area contributed by atoms with Crippen LogP contribution in [-0.2, 0) is 0 Å². The number of amides is 1. The van der Waals surface area contributed by atoms with E-state index in [1.54, 1.807) is 0 Å². The van der Waals surface area contributed by atoms with Crippen LogP contribution in [0.1, 0.15) is 16.1 Å². The summed E-state index contributed by atoms with van der Waals surface area (Å²) in [6.07, 6.45) is 0. The third-order valence-electron chi connectivity index (χ3n) is 3.50. The number of hydrogen-bond acceptors (Lipinski definition) is 3. The van der Waals surface area contributed by atoms with Gasteiger partial charge in [-0.1, -0.05) is 60.7 Å². The van der Waals surface area contributed by atoms with Crippen molar-refractivity contribution < 1.29 is 4.79 Å². The lowest BCUT2D eigenvalue weighted by atomic mass is 9.94. The SMILES string of the molecule is Cc1nnc(-c2ccccc2)c(C(N)=O)c1-c1ccccc1. The highest BCUT2D eigenvalue weighted by Crippen LogP contribution is 2.31. The molecule has 2 N–H and O–H groups in total. The van der Waals surface area contributed by atoms with Crippen LogP contribution < -0.4 is 5.73 Å². The zero-order valence-corrected chi connectivity index (χ0v) is 12.2. The molecule has 1 heterocycles. The predicted octanol–water partition coefficient (Wildman–Crippen LogP) is 3.22. The number of aryl methyl sites for hydroxylation is 1. The number of hydrogen-bond donors (Lipinski definition) is 1. The molecule has 0 bridgehead atoms. The Balaban J connectivity index is 2.33. The molecule has 0 unspecified atom stereocenters. The molecule has 0 aliphatic carbocycles. The number of nitrogens with two attached hydrogens (primary N) is 1. The Morgan fingerprint density at radius 2 is 1.41 bits per heavy atom. The molecule has 3 aromatic rings. The van der Waals surface area contributed by atoms with Gasteiger partial charge in [0.05, 0.1) is 11.3 Å². The standard InChI is InChI=1S/C18H15N3O/c1-12-15(13-8-4-2-5-9-13)16(18(19)22)17(21-20-12)14-10-6-3-7-11-14/h2-11H,1H3,(H2,19,22). The number of benzene rings is 2. The van der Waals surface area contributed by atoms with Crippen molar-refractivity contribution in [1.82, 2.24) is 10.2 Å². The monoisotopic (exact) mass is 289 g/mol. The number of carbonyl (C=O) groups excluding carboxylic acids is 1. The van der Waals surface area contributed by atoms with Crippen molar-refractivity contribution in [2.45, 2.75) is 6.92 Å². The molecule has 0 atom stereocenters. The summed E-state index contributed by atoms with van der Waals surface area (Å²) >= 11 is 0. The second-order valence-electron chi connectivity index (χ2n) is 4.98. The average Bonchev–Trinajstić information content (AvgIpc) is 2.56. The molecule has 0 radical (unpaired) electrons. The third kappa shape index (κ3) is 2.46. The molecule has 1 aromatic heterocycles. The van der Waals surface area contributed by atoms with Gasteiger partial charge >= 0.3 is 0 Å². The Kier molecular flexibility index (Phi) is 3.66. The molecule has 2 aromatic carbocycles. The fourth-order valence-corrected chi connectivity index (χ4v) is 2.52. The van der Waals surface area contributed by atoms with Crippen molar-refractivity contribution in [2.24, 2.45) is 5.73 Å². The lowest BCUT2D eigenvalue weighted by Gasteiger charge is -2.13. The highest BCUT2D eigenvalue weighted by molar-refractivity contribution is 6.05. The van der Waals surface area contributed by atoms with E-state index in [1.807, 2.05) is 67.6 Å². The Labute approximate surface area is 128 Å². The fraction of sp³-hybridized carbons (Fsp3) is 0.0556. The maximum absolute atomic E-state index is 12.1. The van der Waals surface area contributed by atoms with E-state index >= 15 is 0 Å². The minimum absolute atomic E-state index is 0.407. The maximum Gasteiger partial charge on any atom is 0.251 e. The van der Waals surface area contributed by atoms with Crippen LogP contribution in [0.4, 0.5) is 0 Å². The molecule has 0 aliphatic heterocycles. The zero-order chi connectivity index (χ0) is 15.5. The van der Waals surface area contributed by atoms with Gasteiger partial charge in [-0.25, -0.2) is 0 Å². The number of aromatic nitrogens is 2. The molecule has 0 saturated carbocycles. The molecule has 0 aliphatic rings. The molecule has 4 nitrogen and oxygen atoms in total. The summed E-state index contributed by atoms with van der Waals surface area (Å²) in [5.41, 5.74) is 9.71. The minimum Gasteiger partial charge on any atom is -0.366 e. The summed E-state index contributed by atoms with van der Waals surface area (Å²) in [4.78, 5) is 12.1. The highest BCUT2D eigenvalue weighted by Gasteiger charge is 2.20. The lowest BCUT2D eigenvalue weighted by molar-refractivity contribution is 0.100. The van der Waals surface area contributed by atoms with Gasteiger partial charge in [0.15, 0.2) is 0 Å². The molecule has 22 heavy (non-hydrogen) atoms. The van der Waals surface area contributed by atoms with Gasteiger partial charge in [0.25, 0.3) is 5.91 Å². The zero-order valence-electron chi connectivity index (χ0n) is 12.2. The van der Waals surface area contributed by atoms with Crippen molar-refractivity contribution >= 4 is 5.91 Å². The Morgan fingerprint density at radius 3 is 1.95 bits per heavy atom. The highest BCUT2D eigenvalue weighted by atomic mass is 16.1. The number of rotatable bonds is 3. The summed E-state index contributed by atoms with van der Waals surface area (Å²) in [6.45, 7) is 1.83. The van der Waals surface area contributed by atoms with E-state index in [4.69, 9.17) is 5.73 Å². The first-order valence-electron chi connectivity index (χ1n) is 6.96. The number of carbonyl (C=O) groups is 1. The van der Waals surface area contributed by atoms with Crippen LogP contribution in [0.2, 0.25) is 0 Å². The summed E-state index contributed by atoms with van der Waals surface area (Å²) in [5.74, 6) is -0.504. The van der Waals surface area contributed by atoms with Crippen LogP contribution in [0, 0.1) is 6.92 Å². The van der Waals surface area contributed by atoms with E-state index in [9.17, 15) is 4.79 Å². The molecular formula is C18H15N3O. The normalized spacial score (nSPS) is 10.4. The van der Waals surface area contributed by atoms with E-state index in [1.165, 1.54) is 0 Å². The van der Waals surface area contributed by atoms with Gasteiger partial charge < -0.3 is 5.73 Å². The largest absolute Gasteiger partial charge is 0.366 e. The second-order valence-corrected chi connectivity index (χ2v) is 4.98. The average molecular weight is 289 g/mol. The first kappa shape index (κ1) is 13.9. The van der Waals surface area contributed by atoms with E-state index in [2.05, 4.69) is 10.2 Å². The van der Waals surface area contributed by atoms with Crippen LogP contribution in [0.5, 0.6) is 0 Å². The van der Waals surface area contributed by atoms with Gasteiger partial charge in [0.1, 0.15) is 5.69 Å². The maximum atomic E-state index is 12.1. The van der Waals surface area contributed by atoms with Gasteiger partial charge in [0.2, 0.25) is 0 Å². The first-order chi connectivity index (χ1) is 10.7. The van der Waals surface area contributed by atoms with Gasteiger partial charge in [-0.3, -0.25) is 4.79 Å². The van der Waals surface area contributed by atoms with Crippen molar-refractivity contribution in [2.75, 3.05) is 0 Å². The summed E-state index contributed by atoms with van der Waals surface area (Å²) in [5, 5.41) is 8.42. The van der Waals surface area contributed by atoms with Crippen LogP contribution in [0.15, 0.2) is 60.7 Å². The van der Waals surface area contributed by atoms with Gasteiger partial charge in [0, 0.05) is 11.1 Å². The molecule has 3 rings (SSSR count).